The molecule has 1 aliphatic heterocycles. The Morgan fingerprint density at radius 3 is 2.70 bits per heavy atom. The molecule has 1 unspecified atom stereocenters. The number of para-hydroxylation sites is 2. The van der Waals surface area contributed by atoms with Crippen molar-refractivity contribution < 1.29 is 14.6 Å². The van der Waals surface area contributed by atoms with Gasteiger partial charge in [0, 0.05) is 13.1 Å². The molecule has 1 aromatic rings. The highest BCUT2D eigenvalue weighted by Gasteiger charge is 2.25. The number of nitrogens with two attached hydrogens (primary N) is 1. The number of likely N-dealkylation sites (tertiary alicyclic amines) is 1. The summed E-state index contributed by atoms with van der Waals surface area (Å²) in [6, 6.07) is 7.14. The smallest absolute Gasteiger partial charge is 0.260 e. The third-order valence-electron chi connectivity index (χ3n) is 3.84. The molecular formula is C15H22N2O3. The number of aliphatic hydroxyl groups excluding tert-OH is 1. The van der Waals surface area contributed by atoms with Gasteiger partial charge in [0.25, 0.3) is 5.91 Å². The number of aliphatic hydroxyl groups is 1. The normalized spacial score (nSPS) is 17.8. The third kappa shape index (κ3) is 3.63. The van der Waals surface area contributed by atoms with Crippen LogP contribution in [0.3, 0.4) is 0 Å². The van der Waals surface area contributed by atoms with E-state index in [-0.39, 0.29) is 18.6 Å². The highest BCUT2D eigenvalue weighted by atomic mass is 16.5. The number of carbonyl (C=O) groups is 1. The molecule has 5 heteroatoms. The van der Waals surface area contributed by atoms with E-state index >= 15 is 0 Å². The van der Waals surface area contributed by atoms with Crippen LogP contribution < -0.4 is 10.5 Å². The Balaban J connectivity index is 1.80. The lowest BCUT2D eigenvalue weighted by molar-refractivity contribution is -0.135. The first-order chi connectivity index (χ1) is 9.58. The lowest BCUT2D eigenvalue weighted by atomic mass is 9.92. The van der Waals surface area contributed by atoms with E-state index in [0.717, 1.165) is 12.8 Å². The summed E-state index contributed by atoms with van der Waals surface area (Å²) in [5.74, 6) is 0.807. The van der Waals surface area contributed by atoms with Crippen LogP contribution >= 0.6 is 0 Å². The zero-order valence-electron chi connectivity index (χ0n) is 11.8. The maximum absolute atomic E-state index is 12.1. The average molecular weight is 278 g/mol. The molecule has 1 amide bonds. The van der Waals surface area contributed by atoms with E-state index in [4.69, 9.17) is 10.5 Å². The van der Waals surface area contributed by atoms with E-state index in [1.807, 2.05) is 19.1 Å². The van der Waals surface area contributed by atoms with Gasteiger partial charge in [-0.25, -0.2) is 0 Å². The second kappa shape index (κ2) is 6.61. The second-order valence-electron chi connectivity index (χ2n) is 5.29. The van der Waals surface area contributed by atoms with E-state index in [2.05, 4.69) is 0 Å². The summed E-state index contributed by atoms with van der Waals surface area (Å²) in [6.07, 6.45) is 1.39. The molecule has 0 bridgehead atoms. The van der Waals surface area contributed by atoms with Gasteiger partial charge in [-0.1, -0.05) is 12.1 Å². The van der Waals surface area contributed by atoms with Gasteiger partial charge in [-0.05, 0) is 37.8 Å². The maximum atomic E-state index is 12.1. The van der Waals surface area contributed by atoms with Crippen LogP contribution in [0.4, 0.5) is 5.69 Å². The summed E-state index contributed by atoms with van der Waals surface area (Å²) in [4.78, 5) is 13.8. The van der Waals surface area contributed by atoms with Crippen LogP contribution in [0.15, 0.2) is 24.3 Å². The van der Waals surface area contributed by atoms with Gasteiger partial charge in [0.05, 0.1) is 11.8 Å². The quantitative estimate of drug-likeness (QED) is 0.813. The fraction of sp³-hybridized carbons (Fsp3) is 0.533. The number of nitrogens with zero attached hydrogens (tertiary/aromatic N) is 1. The minimum atomic E-state index is -0.299. The molecule has 0 saturated carbocycles. The van der Waals surface area contributed by atoms with Crippen molar-refractivity contribution in [3.05, 3.63) is 24.3 Å². The summed E-state index contributed by atoms with van der Waals surface area (Å²) < 4.78 is 5.46. The Bertz CT molecular complexity index is 454. The highest BCUT2D eigenvalue weighted by Crippen LogP contribution is 2.22. The zero-order chi connectivity index (χ0) is 14.5. The van der Waals surface area contributed by atoms with Gasteiger partial charge < -0.3 is 20.5 Å². The Morgan fingerprint density at radius 2 is 2.10 bits per heavy atom. The molecular weight excluding hydrogens is 256 g/mol. The van der Waals surface area contributed by atoms with Crippen molar-refractivity contribution in [2.45, 2.75) is 25.9 Å². The van der Waals surface area contributed by atoms with Crippen molar-refractivity contribution in [1.82, 2.24) is 4.90 Å². The van der Waals surface area contributed by atoms with Crippen molar-refractivity contribution in [2.24, 2.45) is 5.92 Å². The molecule has 1 atom stereocenters. The molecule has 110 valence electrons. The van der Waals surface area contributed by atoms with Gasteiger partial charge >= 0.3 is 0 Å². The van der Waals surface area contributed by atoms with Crippen molar-refractivity contribution in [3.63, 3.8) is 0 Å². The maximum Gasteiger partial charge on any atom is 0.260 e. The summed E-state index contributed by atoms with van der Waals surface area (Å²) in [5, 5.41) is 9.54. The summed E-state index contributed by atoms with van der Waals surface area (Å²) in [7, 11) is 0. The lowest BCUT2D eigenvalue weighted by Crippen LogP contribution is -2.42. The number of nitrogen functional groups attached to an aromatic ring is 1. The molecule has 3 N–H and O–H groups in total. The Hall–Kier alpha value is -1.75. The van der Waals surface area contributed by atoms with Crippen LogP contribution in [0.1, 0.15) is 19.8 Å². The number of anilines is 1. The summed E-state index contributed by atoms with van der Waals surface area (Å²) in [6.45, 7) is 3.18. The molecule has 0 spiro atoms. The molecule has 2 rings (SSSR count). The van der Waals surface area contributed by atoms with Gasteiger partial charge in [-0.3, -0.25) is 4.79 Å². The Morgan fingerprint density at radius 1 is 1.45 bits per heavy atom. The number of hydrogen-bond acceptors (Lipinski definition) is 4. The van der Waals surface area contributed by atoms with Crippen LogP contribution in [0.2, 0.25) is 0 Å². The molecule has 20 heavy (non-hydrogen) atoms. The first-order valence-corrected chi connectivity index (χ1v) is 7.01. The molecule has 0 aromatic heterocycles. The van der Waals surface area contributed by atoms with Gasteiger partial charge in [-0.2, -0.15) is 0 Å². The predicted octanol–water partition coefficient (Wildman–Crippen LogP) is 1.27. The van der Waals surface area contributed by atoms with E-state index in [0.29, 0.717) is 30.4 Å². The van der Waals surface area contributed by atoms with Gasteiger partial charge in [0.2, 0.25) is 0 Å². The SMILES string of the molecule is CC(O)C1CCN(C(=O)COc2ccccc2N)CC1. The van der Waals surface area contributed by atoms with Crippen LogP contribution in [-0.2, 0) is 4.79 Å². The number of rotatable bonds is 4. The molecule has 5 nitrogen and oxygen atoms in total. The Kier molecular flexibility index (Phi) is 4.84. The van der Waals surface area contributed by atoms with Gasteiger partial charge in [0.15, 0.2) is 6.61 Å². The number of benzene rings is 1. The topological polar surface area (TPSA) is 75.8 Å². The number of carbonyl (C=O) groups excluding carboxylic acids is 1. The zero-order valence-corrected chi connectivity index (χ0v) is 11.8. The van der Waals surface area contributed by atoms with Gasteiger partial charge in [0.1, 0.15) is 5.75 Å². The molecule has 1 aliphatic rings. The minimum Gasteiger partial charge on any atom is -0.482 e. The highest BCUT2D eigenvalue weighted by molar-refractivity contribution is 5.78. The van der Waals surface area contributed by atoms with E-state index in [1.54, 1.807) is 17.0 Å². The predicted molar refractivity (Wildman–Crippen MR) is 77.3 cm³/mol. The molecule has 0 aliphatic carbocycles. The first kappa shape index (κ1) is 14.7. The Labute approximate surface area is 119 Å². The van der Waals surface area contributed by atoms with E-state index in [1.165, 1.54) is 0 Å². The number of ether oxygens (including phenoxy) is 1. The van der Waals surface area contributed by atoms with Crippen molar-refractivity contribution in [1.29, 1.82) is 0 Å². The number of piperidine rings is 1. The fourth-order valence-corrected chi connectivity index (χ4v) is 2.47. The van der Waals surface area contributed by atoms with E-state index in [9.17, 15) is 9.90 Å². The van der Waals surface area contributed by atoms with Crippen molar-refractivity contribution >= 4 is 11.6 Å². The molecule has 1 aromatic carbocycles. The molecule has 1 fully saturated rings. The molecule has 1 saturated heterocycles. The van der Waals surface area contributed by atoms with Crippen molar-refractivity contribution in [2.75, 3.05) is 25.4 Å². The fourth-order valence-electron chi connectivity index (χ4n) is 2.47. The number of amides is 1. The standard InChI is InChI=1S/C15H22N2O3/c1-11(18)12-6-8-17(9-7-12)15(19)10-20-14-5-3-2-4-13(14)16/h2-5,11-12,18H,6-10,16H2,1H3. The van der Waals surface area contributed by atoms with Crippen LogP contribution in [0, 0.1) is 5.92 Å². The molecule has 1 heterocycles. The average Bonchev–Trinajstić information content (AvgIpc) is 2.46. The van der Waals surface area contributed by atoms with Crippen LogP contribution in [-0.4, -0.2) is 41.7 Å². The van der Waals surface area contributed by atoms with Crippen LogP contribution in [0.5, 0.6) is 5.75 Å². The summed E-state index contributed by atoms with van der Waals surface area (Å²) in [5.41, 5.74) is 6.29. The van der Waals surface area contributed by atoms with Gasteiger partial charge in [-0.15, -0.1) is 0 Å². The molecule has 0 radical (unpaired) electrons. The second-order valence-corrected chi connectivity index (χ2v) is 5.29. The van der Waals surface area contributed by atoms with Crippen molar-refractivity contribution in [3.8, 4) is 5.75 Å². The van der Waals surface area contributed by atoms with Crippen LogP contribution in [0.25, 0.3) is 0 Å². The number of hydrogen-bond donors (Lipinski definition) is 2. The third-order valence-corrected chi connectivity index (χ3v) is 3.84. The largest absolute Gasteiger partial charge is 0.482 e. The monoisotopic (exact) mass is 278 g/mol. The first-order valence-electron chi connectivity index (χ1n) is 7.01. The van der Waals surface area contributed by atoms with E-state index < -0.39 is 0 Å². The lowest BCUT2D eigenvalue weighted by Gasteiger charge is -2.33. The summed E-state index contributed by atoms with van der Waals surface area (Å²) >= 11 is 0. The minimum absolute atomic E-state index is 0.00750.